The molecule has 0 aliphatic rings. The Labute approximate surface area is 134 Å². The van der Waals surface area contributed by atoms with E-state index in [9.17, 15) is 4.79 Å². The van der Waals surface area contributed by atoms with Crippen molar-refractivity contribution in [1.82, 2.24) is 25.1 Å². The molecule has 8 heteroatoms. The van der Waals surface area contributed by atoms with Gasteiger partial charge in [0, 0.05) is 12.4 Å². The summed E-state index contributed by atoms with van der Waals surface area (Å²) in [5.41, 5.74) is 0.486. The summed E-state index contributed by atoms with van der Waals surface area (Å²) in [5.74, 6) is 0.860. The fraction of sp³-hybridized carbons (Fsp3) is 0.467. The van der Waals surface area contributed by atoms with Crippen LogP contribution in [0.5, 0.6) is 5.88 Å². The molecule has 0 unspecified atom stereocenters. The second-order valence-electron chi connectivity index (χ2n) is 5.58. The van der Waals surface area contributed by atoms with Crippen molar-refractivity contribution >= 4 is 6.16 Å². The fourth-order valence-electron chi connectivity index (χ4n) is 1.73. The molecule has 0 N–H and O–H groups in total. The van der Waals surface area contributed by atoms with E-state index in [-0.39, 0.29) is 17.8 Å². The first-order valence-corrected chi connectivity index (χ1v) is 7.35. The Morgan fingerprint density at radius 1 is 1.09 bits per heavy atom. The fourth-order valence-corrected chi connectivity index (χ4v) is 1.73. The topological polar surface area (TPSA) is 100.0 Å². The van der Waals surface area contributed by atoms with Crippen molar-refractivity contribution in [3.05, 3.63) is 24.2 Å². The number of nitrogens with zero attached hydrogens (tertiary/aromatic N) is 5. The monoisotopic (exact) mass is 317 g/mol. The van der Waals surface area contributed by atoms with Gasteiger partial charge in [-0.15, -0.1) is 10.2 Å². The van der Waals surface area contributed by atoms with Crippen LogP contribution in [0, 0.1) is 5.92 Å². The molecule has 2 rings (SSSR count). The Balaban J connectivity index is 2.32. The minimum atomic E-state index is -0.828. The lowest BCUT2D eigenvalue weighted by Gasteiger charge is -2.11. The smallest absolute Gasteiger partial charge is 0.431 e. The molecule has 0 bridgehead atoms. The van der Waals surface area contributed by atoms with Gasteiger partial charge in [0.2, 0.25) is 5.82 Å². The zero-order valence-electron chi connectivity index (χ0n) is 13.6. The summed E-state index contributed by atoms with van der Waals surface area (Å²) >= 11 is 0. The first-order valence-electron chi connectivity index (χ1n) is 7.35. The SMILES string of the molecule is CC(C)Cc1nnc(-c2ncccn2)nc1OC(=O)OC(C)C. The Hall–Kier alpha value is -2.64. The number of carbonyl (C=O) groups excluding carboxylic acids is 1. The van der Waals surface area contributed by atoms with E-state index in [1.54, 1.807) is 32.3 Å². The molecule has 0 spiro atoms. The number of aromatic nitrogens is 5. The minimum absolute atomic E-state index is 0.0711. The van der Waals surface area contributed by atoms with Crippen molar-refractivity contribution in [2.45, 2.75) is 40.2 Å². The van der Waals surface area contributed by atoms with E-state index in [2.05, 4.69) is 25.1 Å². The van der Waals surface area contributed by atoms with E-state index >= 15 is 0 Å². The Bertz CT molecular complexity index is 661. The van der Waals surface area contributed by atoms with E-state index in [4.69, 9.17) is 9.47 Å². The zero-order chi connectivity index (χ0) is 16.8. The van der Waals surface area contributed by atoms with Crippen molar-refractivity contribution in [3.63, 3.8) is 0 Å². The van der Waals surface area contributed by atoms with Crippen molar-refractivity contribution in [2.24, 2.45) is 5.92 Å². The van der Waals surface area contributed by atoms with Crippen molar-refractivity contribution in [1.29, 1.82) is 0 Å². The minimum Gasteiger partial charge on any atom is -0.431 e. The van der Waals surface area contributed by atoms with Gasteiger partial charge < -0.3 is 9.47 Å². The Morgan fingerprint density at radius 2 is 1.78 bits per heavy atom. The summed E-state index contributed by atoms with van der Waals surface area (Å²) in [6, 6.07) is 1.68. The molecule has 122 valence electrons. The predicted molar refractivity (Wildman–Crippen MR) is 81.6 cm³/mol. The van der Waals surface area contributed by atoms with Gasteiger partial charge in [-0.2, -0.15) is 4.98 Å². The number of rotatable bonds is 5. The van der Waals surface area contributed by atoms with Crippen LogP contribution in [0.15, 0.2) is 18.5 Å². The summed E-state index contributed by atoms with van der Waals surface area (Å²) in [6.45, 7) is 7.51. The van der Waals surface area contributed by atoms with Crippen LogP contribution in [-0.2, 0) is 11.2 Å². The van der Waals surface area contributed by atoms with Crippen LogP contribution in [-0.4, -0.2) is 37.4 Å². The van der Waals surface area contributed by atoms with Crippen molar-refractivity contribution in [2.75, 3.05) is 0 Å². The molecule has 8 nitrogen and oxygen atoms in total. The quantitative estimate of drug-likeness (QED) is 0.775. The maximum atomic E-state index is 11.7. The Kier molecular flexibility index (Phi) is 5.51. The van der Waals surface area contributed by atoms with Crippen LogP contribution >= 0.6 is 0 Å². The largest absolute Gasteiger partial charge is 0.515 e. The van der Waals surface area contributed by atoms with Gasteiger partial charge in [-0.25, -0.2) is 14.8 Å². The molecule has 0 saturated heterocycles. The van der Waals surface area contributed by atoms with Crippen LogP contribution in [0.2, 0.25) is 0 Å². The standard InChI is InChI=1S/C15H19N5O3/c1-9(2)8-11-14(23-15(21)22-10(3)4)18-13(20-19-11)12-16-6-5-7-17-12/h5-7,9-10H,8H2,1-4H3. The molecule has 2 aromatic rings. The molecule has 0 atom stereocenters. The van der Waals surface area contributed by atoms with Gasteiger partial charge in [-0.05, 0) is 32.3 Å². The third-order valence-electron chi connectivity index (χ3n) is 2.60. The molecule has 0 fully saturated rings. The van der Waals surface area contributed by atoms with Gasteiger partial charge in [-0.1, -0.05) is 13.8 Å². The molecular weight excluding hydrogens is 298 g/mol. The van der Waals surface area contributed by atoms with E-state index in [1.165, 1.54) is 0 Å². The highest BCUT2D eigenvalue weighted by Gasteiger charge is 2.18. The van der Waals surface area contributed by atoms with Crippen LogP contribution in [0.4, 0.5) is 4.79 Å². The highest BCUT2D eigenvalue weighted by molar-refractivity contribution is 5.63. The van der Waals surface area contributed by atoms with E-state index < -0.39 is 6.16 Å². The first-order chi connectivity index (χ1) is 11.0. The van der Waals surface area contributed by atoms with Crippen molar-refractivity contribution < 1.29 is 14.3 Å². The molecular formula is C15H19N5O3. The average molecular weight is 317 g/mol. The van der Waals surface area contributed by atoms with Gasteiger partial charge in [-0.3, -0.25) is 0 Å². The first kappa shape index (κ1) is 16.7. The number of ether oxygens (including phenoxy) is 2. The van der Waals surface area contributed by atoms with E-state index in [0.717, 1.165) is 0 Å². The molecule has 0 saturated carbocycles. The summed E-state index contributed by atoms with van der Waals surface area (Å²) in [4.78, 5) is 24.1. The number of hydrogen-bond donors (Lipinski definition) is 0. The van der Waals surface area contributed by atoms with E-state index in [1.807, 2.05) is 13.8 Å². The average Bonchev–Trinajstić information content (AvgIpc) is 2.48. The Morgan fingerprint density at radius 3 is 2.39 bits per heavy atom. The number of carbonyl (C=O) groups is 1. The molecule has 2 heterocycles. The van der Waals surface area contributed by atoms with Gasteiger partial charge in [0.25, 0.3) is 5.88 Å². The van der Waals surface area contributed by atoms with Gasteiger partial charge >= 0.3 is 6.16 Å². The second-order valence-corrected chi connectivity index (χ2v) is 5.58. The lowest BCUT2D eigenvalue weighted by Crippen LogP contribution is -2.18. The zero-order valence-corrected chi connectivity index (χ0v) is 13.6. The lowest BCUT2D eigenvalue weighted by molar-refractivity contribution is 0.0709. The highest BCUT2D eigenvalue weighted by Crippen LogP contribution is 2.20. The molecule has 0 amide bonds. The molecule has 0 radical (unpaired) electrons. The van der Waals surface area contributed by atoms with Gasteiger partial charge in [0.15, 0.2) is 5.82 Å². The van der Waals surface area contributed by atoms with Crippen LogP contribution in [0.3, 0.4) is 0 Å². The van der Waals surface area contributed by atoms with Crippen LogP contribution in [0.25, 0.3) is 11.6 Å². The van der Waals surface area contributed by atoms with Crippen LogP contribution < -0.4 is 4.74 Å². The van der Waals surface area contributed by atoms with Gasteiger partial charge in [0.05, 0.1) is 6.10 Å². The maximum absolute atomic E-state index is 11.7. The normalized spacial score (nSPS) is 10.9. The third kappa shape index (κ3) is 4.94. The molecule has 0 aliphatic heterocycles. The molecule has 0 aliphatic carbocycles. The highest BCUT2D eigenvalue weighted by atomic mass is 16.7. The summed E-state index contributed by atoms with van der Waals surface area (Å²) in [5, 5.41) is 8.11. The van der Waals surface area contributed by atoms with Gasteiger partial charge in [0.1, 0.15) is 5.69 Å². The number of hydrogen-bond acceptors (Lipinski definition) is 8. The molecule has 2 aromatic heterocycles. The second kappa shape index (κ2) is 7.57. The molecule has 23 heavy (non-hydrogen) atoms. The lowest BCUT2D eigenvalue weighted by atomic mass is 10.1. The summed E-state index contributed by atoms with van der Waals surface area (Å²) in [7, 11) is 0. The molecule has 0 aromatic carbocycles. The maximum Gasteiger partial charge on any atom is 0.515 e. The van der Waals surface area contributed by atoms with Crippen LogP contribution in [0.1, 0.15) is 33.4 Å². The van der Waals surface area contributed by atoms with E-state index in [0.29, 0.717) is 23.9 Å². The third-order valence-corrected chi connectivity index (χ3v) is 2.60. The summed E-state index contributed by atoms with van der Waals surface area (Å²) < 4.78 is 10.2. The summed E-state index contributed by atoms with van der Waals surface area (Å²) in [6.07, 6.45) is 2.59. The van der Waals surface area contributed by atoms with Crippen molar-refractivity contribution in [3.8, 4) is 17.5 Å². The predicted octanol–water partition coefficient (Wildman–Crippen LogP) is 2.45.